The molecule has 148 valence electrons. The molecule has 1 atom stereocenters. The fraction of sp³-hybridized carbons (Fsp3) is 0.250. The van der Waals surface area contributed by atoms with E-state index >= 15 is 0 Å². The van der Waals surface area contributed by atoms with Gasteiger partial charge in [-0.2, -0.15) is 5.10 Å². The largest absolute Gasteiger partial charge is 0.347 e. The van der Waals surface area contributed by atoms with Crippen LogP contribution in [0.4, 0.5) is 0 Å². The van der Waals surface area contributed by atoms with Crippen molar-refractivity contribution in [2.24, 2.45) is 0 Å². The van der Waals surface area contributed by atoms with Gasteiger partial charge in [-0.3, -0.25) is 9.59 Å². The fourth-order valence-corrected chi connectivity index (χ4v) is 3.19. The van der Waals surface area contributed by atoms with Crippen LogP contribution in [0, 0.1) is 13.8 Å². The summed E-state index contributed by atoms with van der Waals surface area (Å²) >= 11 is 0. The minimum absolute atomic E-state index is 0.226. The SMILES string of the molecule is Cc1cc(C)n(-c2ccc(=O)n([C@@H](C)C(=O)NCc3nc4ccccc4[nH]3)n2)n1. The summed E-state index contributed by atoms with van der Waals surface area (Å²) in [7, 11) is 0. The Balaban J connectivity index is 1.53. The van der Waals surface area contributed by atoms with Gasteiger partial charge in [-0.15, -0.1) is 5.10 Å². The van der Waals surface area contributed by atoms with Gasteiger partial charge < -0.3 is 10.3 Å². The van der Waals surface area contributed by atoms with Crippen molar-refractivity contribution in [1.82, 2.24) is 34.8 Å². The predicted molar refractivity (Wildman–Crippen MR) is 108 cm³/mol. The molecular weight excluding hydrogens is 370 g/mol. The van der Waals surface area contributed by atoms with Gasteiger partial charge in [-0.1, -0.05) is 12.1 Å². The van der Waals surface area contributed by atoms with Gasteiger partial charge in [0.2, 0.25) is 5.91 Å². The molecule has 4 aromatic rings. The second-order valence-corrected chi connectivity index (χ2v) is 6.91. The molecule has 0 radical (unpaired) electrons. The van der Waals surface area contributed by atoms with Crippen LogP contribution in [-0.2, 0) is 11.3 Å². The monoisotopic (exact) mass is 391 g/mol. The number of rotatable bonds is 5. The number of nitrogens with zero attached hydrogens (tertiary/aromatic N) is 5. The molecular formula is C20H21N7O2. The number of H-pyrrole nitrogens is 1. The number of amides is 1. The quantitative estimate of drug-likeness (QED) is 0.539. The normalized spacial score (nSPS) is 12.2. The number of hydrogen-bond acceptors (Lipinski definition) is 5. The van der Waals surface area contributed by atoms with Gasteiger partial charge in [0.1, 0.15) is 11.9 Å². The summed E-state index contributed by atoms with van der Waals surface area (Å²) in [6.45, 7) is 5.64. The zero-order chi connectivity index (χ0) is 20.5. The molecule has 29 heavy (non-hydrogen) atoms. The first-order valence-corrected chi connectivity index (χ1v) is 9.27. The number of imidazole rings is 1. The molecule has 4 rings (SSSR count). The molecule has 2 N–H and O–H groups in total. The Kier molecular flexibility index (Phi) is 4.71. The van der Waals surface area contributed by atoms with Crippen LogP contribution in [0.25, 0.3) is 16.9 Å². The lowest BCUT2D eigenvalue weighted by molar-refractivity contribution is -0.124. The lowest BCUT2D eigenvalue weighted by atomic mass is 10.3. The Hall–Kier alpha value is -3.75. The number of fused-ring (bicyclic) bond motifs is 1. The molecule has 1 aromatic carbocycles. The molecule has 0 saturated carbocycles. The number of carbonyl (C=O) groups excluding carboxylic acids is 1. The van der Waals surface area contributed by atoms with Crippen LogP contribution in [0.5, 0.6) is 0 Å². The molecule has 0 bridgehead atoms. The number of aromatic nitrogens is 6. The molecule has 1 amide bonds. The van der Waals surface area contributed by atoms with Crippen molar-refractivity contribution in [2.45, 2.75) is 33.4 Å². The van der Waals surface area contributed by atoms with Crippen molar-refractivity contribution in [3.8, 4) is 5.82 Å². The highest BCUT2D eigenvalue weighted by Gasteiger charge is 2.19. The minimum Gasteiger partial charge on any atom is -0.347 e. The van der Waals surface area contributed by atoms with Gasteiger partial charge in [0, 0.05) is 11.8 Å². The molecule has 0 aliphatic rings. The zero-order valence-corrected chi connectivity index (χ0v) is 16.4. The first-order valence-electron chi connectivity index (χ1n) is 9.27. The molecule has 0 unspecified atom stereocenters. The van der Waals surface area contributed by atoms with E-state index in [0.29, 0.717) is 11.6 Å². The predicted octanol–water partition coefficient (Wildman–Crippen LogP) is 1.80. The van der Waals surface area contributed by atoms with E-state index in [-0.39, 0.29) is 18.0 Å². The second-order valence-electron chi connectivity index (χ2n) is 6.91. The van der Waals surface area contributed by atoms with Crippen LogP contribution in [0.3, 0.4) is 0 Å². The van der Waals surface area contributed by atoms with Gasteiger partial charge in [0.25, 0.3) is 5.56 Å². The van der Waals surface area contributed by atoms with Crippen LogP contribution in [0.1, 0.15) is 30.2 Å². The first kappa shape index (κ1) is 18.6. The van der Waals surface area contributed by atoms with Gasteiger partial charge in [-0.05, 0) is 45.0 Å². The van der Waals surface area contributed by atoms with Crippen LogP contribution in [0.2, 0.25) is 0 Å². The Morgan fingerprint density at radius 2 is 1.97 bits per heavy atom. The van der Waals surface area contributed by atoms with Crippen molar-refractivity contribution >= 4 is 16.9 Å². The highest BCUT2D eigenvalue weighted by molar-refractivity contribution is 5.80. The summed E-state index contributed by atoms with van der Waals surface area (Å²) in [5.41, 5.74) is 3.11. The number of benzene rings is 1. The average Bonchev–Trinajstić information content (AvgIpc) is 3.28. The highest BCUT2D eigenvalue weighted by Crippen LogP contribution is 2.11. The molecule has 0 fully saturated rings. The molecule has 0 saturated heterocycles. The summed E-state index contributed by atoms with van der Waals surface area (Å²) in [4.78, 5) is 32.5. The Bertz CT molecular complexity index is 1220. The van der Waals surface area contributed by atoms with Gasteiger partial charge >= 0.3 is 0 Å². The van der Waals surface area contributed by atoms with Gasteiger partial charge in [0.15, 0.2) is 5.82 Å². The van der Waals surface area contributed by atoms with Crippen molar-refractivity contribution in [3.05, 3.63) is 70.0 Å². The van der Waals surface area contributed by atoms with Crippen molar-refractivity contribution in [3.63, 3.8) is 0 Å². The van der Waals surface area contributed by atoms with Crippen LogP contribution in [-0.4, -0.2) is 35.4 Å². The van der Waals surface area contributed by atoms with E-state index in [1.807, 2.05) is 44.2 Å². The summed E-state index contributed by atoms with van der Waals surface area (Å²) in [5.74, 6) is 0.793. The number of hydrogen-bond donors (Lipinski definition) is 2. The van der Waals surface area contributed by atoms with Crippen molar-refractivity contribution in [2.75, 3.05) is 0 Å². The van der Waals surface area contributed by atoms with E-state index in [1.54, 1.807) is 17.7 Å². The number of aryl methyl sites for hydroxylation is 2. The first-order chi connectivity index (χ1) is 13.9. The Morgan fingerprint density at radius 1 is 1.17 bits per heavy atom. The van der Waals surface area contributed by atoms with Crippen LogP contribution < -0.4 is 10.9 Å². The third-order valence-electron chi connectivity index (χ3n) is 4.65. The maximum Gasteiger partial charge on any atom is 0.267 e. The minimum atomic E-state index is -0.788. The average molecular weight is 391 g/mol. The van der Waals surface area contributed by atoms with Gasteiger partial charge in [0.05, 0.1) is 23.3 Å². The summed E-state index contributed by atoms with van der Waals surface area (Å²) in [6.07, 6.45) is 0. The topological polar surface area (TPSA) is 110 Å². The number of aromatic amines is 1. The lowest BCUT2D eigenvalue weighted by Crippen LogP contribution is -2.37. The van der Waals surface area contributed by atoms with Crippen LogP contribution in [0.15, 0.2) is 47.3 Å². The fourth-order valence-electron chi connectivity index (χ4n) is 3.19. The van der Waals surface area contributed by atoms with Crippen LogP contribution >= 0.6 is 0 Å². The smallest absolute Gasteiger partial charge is 0.267 e. The molecule has 3 heterocycles. The van der Waals surface area contributed by atoms with Gasteiger partial charge in [-0.25, -0.2) is 14.3 Å². The van der Waals surface area contributed by atoms with E-state index in [9.17, 15) is 9.59 Å². The number of nitrogens with one attached hydrogen (secondary N) is 2. The maximum absolute atomic E-state index is 12.6. The second kappa shape index (κ2) is 7.34. The maximum atomic E-state index is 12.6. The molecule has 0 aliphatic carbocycles. The van der Waals surface area contributed by atoms with Crippen molar-refractivity contribution < 1.29 is 4.79 Å². The molecule has 3 aromatic heterocycles. The molecule has 9 nitrogen and oxygen atoms in total. The molecule has 0 aliphatic heterocycles. The zero-order valence-electron chi connectivity index (χ0n) is 16.4. The summed E-state index contributed by atoms with van der Waals surface area (Å²) in [6, 6.07) is 11.8. The van der Waals surface area contributed by atoms with E-state index in [0.717, 1.165) is 22.4 Å². The Morgan fingerprint density at radius 3 is 2.69 bits per heavy atom. The van der Waals surface area contributed by atoms with E-state index in [1.165, 1.54) is 10.7 Å². The number of para-hydroxylation sites is 2. The summed E-state index contributed by atoms with van der Waals surface area (Å²) in [5, 5.41) is 11.5. The highest BCUT2D eigenvalue weighted by atomic mass is 16.2. The van der Waals surface area contributed by atoms with E-state index < -0.39 is 6.04 Å². The van der Waals surface area contributed by atoms with Crippen molar-refractivity contribution in [1.29, 1.82) is 0 Å². The molecule has 9 heteroatoms. The van der Waals surface area contributed by atoms with E-state index in [4.69, 9.17) is 0 Å². The standard InChI is InChI=1S/C20H21N7O2/c1-12-10-13(2)26(24-12)18-8-9-19(28)27(25-18)14(3)20(29)21-11-17-22-15-6-4-5-7-16(15)23-17/h4-10,14H,11H2,1-3H3,(H,21,29)(H,22,23)/t14-/m0/s1. The third kappa shape index (κ3) is 3.66. The summed E-state index contributed by atoms with van der Waals surface area (Å²) < 4.78 is 2.81. The lowest BCUT2D eigenvalue weighted by Gasteiger charge is -2.14. The Labute approximate surface area is 166 Å². The third-order valence-corrected chi connectivity index (χ3v) is 4.65. The molecule has 0 spiro atoms. The number of carbonyl (C=O) groups is 1. The van der Waals surface area contributed by atoms with E-state index in [2.05, 4.69) is 25.5 Å².